The van der Waals surface area contributed by atoms with E-state index in [-0.39, 0.29) is 12.7 Å². The van der Waals surface area contributed by atoms with Crippen LogP contribution in [0.1, 0.15) is 19.5 Å². The van der Waals surface area contributed by atoms with Crippen LogP contribution in [-0.2, 0) is 6.61 Å². The number of rotatable bonds is 4. The van der Waals surface area contributed by atoms with Gasteiger partial charge in [0.05, 0.1) is 29.1 Å². The maximum absolute atomic E-state index is 9.70. The molecule has 0 saturated heterocycles. The number of aromatic nitrogens is 2. The molecule has 1 N–H and O–H groups in total. The van der Waals surface area contributed by atoms with E-state index >= 15 is 0 Å². The Morgan fingerprint density at radius 2 is 1.91 bits per heavy atom. The van der Waals surface area contributed by atoms with E-state index in [1.807, 2.05) is 48.6 Å². The van der Waals surface area contributed by atoms with Gasteiger partial charge in [-0.3, -0.25) is 4.40 Å². The molecule has 2 aromatic heterocycles. The van der Waals surface area contributed by atoms with Crippen LogP contribution in [0.2, 0.25) is 5.02 Å². The van der Waals surface area contributed by atoms with E-state index in [1.165, 1.54) is 0 Å². The topological polar surface area (TPSA) is 46.8 Å². The highest BCUT2D eigenvalue weighted by molar-refractivity contribution is 6.30. The van der Waals surface area contributed by atoms with Crippen LogP contribution in [0.4, 0.5) is 0 Å². The van der Waals surface area contributed by atoms with Crippen LogP contribution < -0.4 is 4.74 Å². The van der Waals surface area contributed by atoms with Gasteiger partial charge in [0.15, 0.2) is 0 Å². The fourth-order valence-corrected chi connectivity index (χ4v) is 2.57. The minimum atomic E-state index is -0.110. The van der Waals surface area contributed by atoms with Gasteiger partial charge >= 0.3 is 0 Å². The van der Waals surface area contributed by atoms with E-state index in [0.29, 0.717) is 5.02 Å². The Morgan fingerprint density at radius 1 is 1.18 bits per heavy atom. The highest BCUT2D eigenvalue weighted by atomic mass is 35.5. The van der Waals surface area contributed by atoms with Crippen LogP contribution in [0.15, 0.2) is 42.6 Å². The highest BCUT2D eigenvalue weighted by Gasteiger charge is 2.13. The molecule has 1 aromatic carbocycles. The number of hydrogen-bond donors (Lipinski definition) is 1. The number of halogens is 1. The zero-order valence-electron chi connectivity index (χ0n) is 12.5. The summed E-state index contributed by atoms with van der Waals surface area (Å²) in [6.45, 7) is 3.87. The largest absolute Gasteiger partial charge is 0.491 e. The second-order valence-electron chi connectivity index (χ2n) is 5.33. The number of benzene rings is 1. The monoisotopic (exact) mass is 316 g/mol. The number of hydrogen-bond acceptors (Lipinski definition) is 3. The van der Waals surface area contributed by atoms with E-state index in [0.717, 1.165) is 28.3 Å². The molecule has 0 atom stereocenters. The summed E-state index contributed by atoms with van der Waals surface area (Å²) in [7, 11) is 0. The molecule has 3 aromatic rings. The zero-order chi connectivity index (χ0) is 15.7. The van der Waals surface area contributed by atoms with Gasteiger partial charge in [0.25, 0.3) is 0 Å². The fourth-order valence-electron chi connectivity index (χ4n) is 2.41. The third kappa shape index (κ3) is 2.80. The van der Waals surface area contributed by atoms with Crippen molar-refractivity contribution in [2.45, 2.75) is 26.6 Å². The van der Waals surface area contributed by atoms with Gasteiger partial charge in [0, 0.05) is 11.8 Å². The van der Waals surface area contributed by atoms with Gasteiger partial charge < -0.3 is 9.84 Å². The van der Waals surface area contributed by atoms with Crippen molar-refractivity contribution in [3.63, 3.8) is 0 Å². The summed E-state index contributed by atoms with van der Waals surface area (Å²) in [5.41, 5.74) is 3.15. The van der Waals surface area contributed by atoms with E-state index < -0.39 is 0 Å². The first-order valence-corrected chi connectivity index (χ1v) is 7.50. The summed E-state index contributed by atoms with van der Waals surface area (Å²) < 4.78 is 7.46. The lowest BCUT2D eigenvalue weighted by molar-refractivity contribution is 0.242. The molecular formula is C17H17ClN2O2. The van der Waals surface area contributed by atoms with Crippen molar-refractivity contribution in [1.82, 2.24) is 9.38 Å². The summed E-state index contributed by atoms with van der Waals surface area (Å²) >= 11 is 6.03. The van der Waals surface area contributed by atoms with Crippen molar-refractivity contribution in [1.29, 1.82) is 0 Å². The Morgan fingerprint density at radius 3 is 2.55 bits per heavy atom. The van der Waals surface area contributed by atoms with Crippen LogP contribution in [0.3, 0.4) is 0 Å². The molecule has 0 aliphatic carbocycles. The number of fused-ring (bicyclic) bond motifs is 1. The molecule has 4 nitrogen and oxygen atoms in total. The molecule has 0 saturated carbocycles. The van der Waals surface area contributed by atoms with Crippen molar-refractivity contribution in [3.05, 3.63) is 53.3 Å². The van der Waals surface area contributed by atoms with Crippen LogP contribution in [0.25, 0.3) is 16.9 Å². The summed E-state index contributed by atoms with van der Waals surface area (Å²) in [4.78, 5) is 4.59. The minimum Gasteiger partial charge on any atom is -0.491 e. The van der Waals surface area contributed by atoms with E-state index in [4.69, 9.17) is 16.3 Å². The van der Waals surface area contributed by atoms with Crippen LogP contribution in [-0.4, -0.2) is 20.6 Å². The Bertz CT molecular complexity index is 794. The van der Waals surface area contributed by atoms with Crippen LogP contribution >= 0.6 is 11.6 Å². The molecule has 2 heterocycles. The predicted molar refractivity (Wildman–Crippen MR) is 87.3 cm³/mol. The van der Waals surface area contributed by atoms with E-state index in [2.05, 4.69) is 4.98 Å². The summed E-state index contributed by atoms with van der Waals surface area (Å²) in [5.74, 6) is 0.816. The van der Waals surface area contributed by atoms with Gasteiger partial charge in [-0.25, -0.2) is 4.98 Å². The molecular weight excluding hydrogens is 300 g/mol. The zero-order valence-corrected chi connectivity index (χ0v) is 13.2. The number of imidazole rings is 1. The Hall–Kier alpha value is -2.04. The first-order chi connectivity index (χ1) is 10.6. The standard InChI is InChI=1S/C17H17ClN2O2/c1-11(2)22-14-6-3-12(4-7-14)17-15(10-21)20-9-13(18)5-8-16(20)19-17/h3-9,11,21H,10H2,1-2H3. The predicted octanol–water partition coefficient (Wildman–Crippen LogP) is 3.93. The molecule has 0 unspecified atom stereocenters. The number of nitrogens with zero attached hydrogens (tertiary/aromatic N) is 2. The average Bonchev–Trinajstić information content (AvgIpc) is 2.85. The number of ether oxygens (including phenoxy) is 1. The van der Waals surface area contributed by atoms with Gasteiger partial charge in [-0.15, -0.1) is 0 Å². The summed E-state index contributed by atoms with van der Waals surface area (Å²) in [5, 5.41) is 10.3. The maximum atomic E-state index is 9.70. The normalized spacial score (nSPS) is 11.3. The third-order valence-corrected chi connectivity index (χ3v) is 3.55. The highest BCUT2D eigenvalue weighted by Crippen LogP contribution is 2.27. The second-order valence-corrected chi connectivity index (χ2v) is 5.77. The molecule has 22 heavy (non-hydrogen) atoms. The van der Waals surface area contributed by atoms with Crippen molar-refractivity contribution in [2.75, 3.05) is 0 Å². The second kappa shape index (κ2) is 5.99. The van der Waals surface area contributed by atoms with E-state index in [1.54, 1.807) is 12.3 Å². The van der Waals surface area contributed by atoms with Crippen molar-refractivity contribution in [2.24, 2.45) is 0 Å². The molecule has 114 valence electrons. The summed E-state index contributed by atoms with van der Waals surface area (Å²) in [6, 6.07) is 11.3. The van der Waals surface area contributed by atoms with Gasteiger partial charge in [-0.1, -0.05) is 11.6 Å². The molecule has 0 amide bonds. The summed E-state index contributed by atoms with van der Waals surface area (Å²) in [6.07, 6.45) is 1.89. The Balaban J connectivity index is 2.05. The fraction of sp³-hybridized carbons (Fsp3) is 0.235. The molecule has 0 bridgehead atoms. The number of aliphatic hydroxyl groups excluding tert-OH is 1. The molecule has 3 rings (SSSR count). The number of pyridine rings is 1. The van der Waals surface area contributed by atoms with Gasteiger partial charge in [0.1, 0.15) is 11.4 Å². The smallest absolute Gasteiger partial charge is 0.137 e. The van der Waals surface area contributed by atoms with Crippen LogP contribution in [0, 0.1) is 0 Å². The molecule has 0 spiro atoms. The lowest BCUT2D eigenvalue weighted by Gasteiger charge is -2.10. The lowest BCUT2D eigenvalue weighted by Crippen LogP contribution is -2.05. The Kier molecular flexibility index (Phi) is 4.05. The minimum absolute atomic E-state index is 0.110. The van der Waals surface area contributed by atoms with Crippen molar-refractivity contribution in [3.8, 4) is 17.0 Å². The maximum Gasteiger partial charge on any atom is 0.137 e. The molecule has 5 heteroatoms. The molecule has 0 aliphatic rings. The molecule has 0 radical (unpaired) electrons. The first kappa shape index (κ1) is 14.9. The van der Waals surface area contributed by atoms with Gasteiger partial charge in [0.2, 0.25) is 0 Å². The molecule has 0 aliphatic heterocycles. The quantitative estimate of drug-likeness (QED) is 0.793. The average molecular weight is 317 g/mol. The third-order valence-electron chi connectivity index (χ3n) is 3.33. The lowest BCUT2D eigenvalue weighted by atomic mass is 10.1. The molecule has 0 fully saturated rings. The van der Waals surface area contributed by atoms with E-state index in [9.17, 15) is 5.11 Å². The Labute approximate surface area is 133 Å². The van der Waals surface area contributed by atoms with Gasteiger partial charge in [-0.05, 0) is 50.2 Å². The SMILES string of the molecule is CC(C)Oc1ccc(-c2nc3ccc(Cl)cn3c2CO)cc1. The first-order valence-electron chi connectivity index (χ1n) is 7.13. The van der Waals surface area contributed by atoms with Gasteiger partial charge in [-0.2, -0.15) is 0 Å². The van der Waals surface area contributed by atoms with Crippen molar-refractivity contribution >= 4 is 17.2 Å². The van der Waals surface area contributed by atoms with Crippen LogP contribution in [0.5, 0.6) is 5.75 Å². The van der Waals surface area contributed by atoms with Crippen molar-refractivity contribution < 1.29 is 9.84 Å². The number of aliphatic hydroxyl groups is 1.